The maximum Gasteiger partial charge on any atom is 0.143 e. The minimum absolute atomic E-state index is 0.0455. The molecule has 0 aliphatic carbocycles. The fraction of sp³-hybridized carbons (Fsp3) is 0.0476. The summed E-state index contributed by atoms with van der Waals surface area (Å²) in [4.78, 5) is 12.5. The summed E-state index contributed by atoms with van der Waals surface area (Å²) in [5.74, 6) is 0.734. The highest BCUT2D eigenvalue weighted by Crippen LogP contribution is 2.31. The maximum absolute atomic E-state index is 10.1. The lowest BCUT2D eigenvalue weighted by Gasteiger charge is -2.05. The highest BCUT2D eigenvalue weighted by atomic mass is 35.5. The molecule has 134 valence electrons. The van der Waals surface area contributed by atoms with E-state index in [0.717, 1.165) is 33.7 Å². The van der Waals surface area contributed by atoms with Crippen LogP contribution in [0.3, 0.4) is 0 Å². The predicted molar refractivity (Wildman–Crippen MR) is 112 cm³/mol. The Morgan fingerprint density at radius 1 is 1.07 bits per heavy atom. The van der Waals surface area contributed by atoms with Crippen LogP contribution in [0.15, 0.2) is 59.6 Å². The number of H-pyrrole nitrogens is 1. The molecule has 1 heterocycles. The van der Waals surface area contributed by atoms with Crippen LogP contribution in [0.25, 0.3) is 22.4 Å². The molecular weight excluding hydrogens is 381 g/mol. The van der Waals surface area contributed by atoms with E-state index in [2.05, 4.69) is 15.0 Å². The van der Waals surface area contributed by atoms with Crippen LogP contribution in [0.1, 0.15) is 11.1 Å². The average molecular weight is 396 g/mol. The van der Waals surface area contributed by atoms with E-state index in [-0.39, 0.29) is 10.8 Å². The van der Waals surface area contributed by atoms with Crippen molar-refractivity contribution in [2.45, 2.75) is 6.92 Å². The molecule has 1 aromatic heterocycles. The number of hydrogen-bond donors (Lipinski definition) is 2. The van der Waals surface area contributed by atoms with E-state index in [1.165, 1.54) is 6.07 Å². The van der Waals surface area contributed by atoms with E-state index in [0.29, 0.717) is 10.6 Å². The van der Waals surface area contributed by atoms with Crippen LogP contribution >= 0.6 is 23.2 Å². The number of hydrogen-bond acceptors (Lipinski definition) is 3. The van der Waals surface area contributed by atoms with Gasteiger partial charge in [-0.1, -0.05) is 47.5 Å². The van der Waals surface area contributed by atoms with E-state index >= 15 is 0 Å². The second-order valence-corrected chi connectivity index (χ2v) is 7.03. The number of aromatic nitrogens is 2. The Labute approximate surface area is 166 Å². The number of benzene rings is 3. The van der Waals surface area contributed by atoms with Crippen LogP contribution in [-0.2, 0) is 0 Å². The smallest absolute Gasteiger partial charge is 0.143 e. The first-order valence-electron chi connectivity index (χ1n) is 8.29. The molecule has 0 radical (unpaired) electrons. The first-order valence-corrected chi connectivity index (χ1v) is 9.05. The number of aromatic hydroxyl groups is 1. The molecule has 3 aromatic carbocycles. The molecule has 6 heteroatoms. The van der Waals surface area contributed by atoms with Gasteiger partial charge in [0, 0.05) is 22.4 Å². The fourth-order valence-electron chi connectivity index (χ4n) is 2.81. The molecule has 0 fully saturated rings. The summed E-state index contributed by atoms with van der Waals surface area (Å²) in [6.07, 6.45) is 1.55. The highest BCUT2D eigenvalue weighted by Gasteiger charge is 2.09. The van der Waals surface area contributed by atoms with Gasteiger partial charge in [0.2, 0.25) is 0 Å². The third-order valence-corrected chi connectivity index (χ3v) is 4.78. The molecule has 4 rings (SSSR count). The molecule has 0 saturated carbocycles. The van der Waals surface area contributed by atoms with Crippen LogP contribution < -0.4 is 0 Å². The van der Waals surface area contributed by atoms with E-state index in [9.17, 15) is 5.11 Å². The van der Waals surface area contributed by atoms with Gasteiger partial charge in [-0.2, -0.15) is 0 Å². The number of aliphatic imine (C=N–C) groups is 1. The monoisotopic (exact) mass is 395 g/mol. The van der Waals surface area contributed by atoms with Crippen LogP contribution in [0.2, 0.25) is 10.0 Å². The SMILES string of the molecule is Cc1ccc(-c2nc3ccccc3[nH]2)cc1N=Cc1cc(Cl)cc(Cl)c1O. The Balaban J connectivity index is 1.73. The van der Waals surface area contributed by atoms with Crippen molar-refractivity contribution in [2.24, 2.45) is 4.99 Å². The van der Waals surface area contributed by atoms with Crippen molar-refractivity contribution in [3.63, 3.8) is 0 Å². The Hall–Kier alpha value is -2.82. The number of imidazole rings is 1. The van der Waals surface area contributed by atoms with E-state index in [1.54, 1.807) is 12.3 Å². The molecule has 0 atom stereocenters. The quantitative estimate of drug-likeness (QED) is 0.399. The maximum atomic E-state index is 10.1. The molecular formula is C21H15Cl2N3O. The van der Waals surface area contributed by atoms with Crippen molar-refractivity contribution in [3.05, 3.63) is 75.8 Å². The number of aryl methyl sites for hydroxylation is 1. The number of fused-ring (bicyclic) bond motifs is 1. The minimum atomic E-state index is -0.0455. The number of rotatable bonds is 3. The van der Waals surface area contributed by atoms with Gasteiger partial charge in [0.25, 0.3) is 0 Å². The summed E-state index contributed by atoms with van der Waals surface area (Å²) in [5.41, 5.74) is 5.05. The summed E-state index contributed by atoms with van der Waals surface area (Å²) >= 11 is 12.0. The number of phenolic OH excluding ortho intramolecular Hbond substituents is 1. The second-order valence-electron chi connectivity index (χ2n) is 6.19. The number of para-hydroxylation sites is 2. The van der Waals surface area contributed by atoms with Gasteiger partial charge >= 0.3 is 0 Å². The number of nitrogens with zero attached hydrogens (tertiary/aromatic N) is 2. The largest absolute Gasteiger partial charge is 0.506 e. The number of halogens is 2. The molecule has 0 aliphatic rings. The van der Waals surface area contributed by atoms with Crippen molar-refractivity contribution in [1.29, 1.82) is 0 Å². The predicted octanol–water partition coefficient (Wildman–Crippen LogP) is 6.30. The van der Waals surface area contributed by atoms with Gasteiger partial charge in [-0.25, -0.2) is 4.98 Å². The highest BCUT2D eigenvalue weighted by molar-refractivity contribution is 6.36. The number of aromatic amines is 1. The number of nitrogens with one attached hydrogen (secondary N) is 1. The summed E-state index contributed by atoms with van der Waals surface area (Å²) < 4.78 is 0. The summed E-state index contributed by atoms with van der Waals surface area (Å²) in [5, 5.41) is 10.7. The van der Waals surface area contributed by atoms with Crippen molar-refractivity contribution in [3.8, 4) is 17.1 Å². The van der Waals surface area contributed by atoms with Gasteiger partial charge < -0.3 is 10.1 Å². The Morgan fingerprint density at radius 2 is 1.89 bits per heavy atom. The van der Waals surface area contributed by atoms with Gasteiger partial charge in [-0.15, -0.1) is 0 Å². The Kier molecular flexibility index (Phi) is 4.60. The molecule has 4 aromatic rings. The number of phenols is 1. The van der Waals surface area contributed by atoms with E-state index < -0.39 is 0 Å². The van der Waals surface area contributed by atoms with E-state index in [4.69, 9.17) is 23.2 Å². The topological polar surface area (TPSA) is 61.3 Å². The molecule has 4 nitrogen and oxygen atoms in total. The van der Waals surface area contributed by atoms with Gasteiger partial charge in [-0.05, 0) is 42.8 Å². The molecule has 0 saturated heterocycles. The first-order chi connectivity index (χ1) is 13.0. The van der Waals surface area contributed by atoms with E-state index in [1.807, 2.05) is 49.4 Å². The summed E-state index contributed by atoms with van der Waals surface area (Å²) in [6, 6.07) is 16.9. The Morgan fingerprint density at radius 3 is 2.70 bits per heavy atom. The van der Waals surface area contributed by atoms with Gasteiger partial charge in [0.05, 0.1) is 21.7 Å². The third-order valence-electron chi connectivity index (χ3n) is 4.27. The second kappa shape index (κ2) is 7.06. The standard InChI is InChI=1S/C21H15Cl2N3O/c1-12-6-7-13(21-25-17-4-2-3-5-18(17)26-21)9-19(12)24-11-14-8-15(22)10-16(23)20(14)27/h2-11,27H,1H3,(H,25,26). The van der Waals surface area contributed by atoms with Crippen molar-refractivity contribution < 1.29 is 5.11 Å². The van der Waals surface area contributed by atoms with Crippen LogP contribution in [0.5, 0.6) is 5.75 Å². The molecule has 0 amide bonds. The summed E-state index contributed by atoms with van der Waals surface area (Å²) in [7, 11) is 0. The molecule has 0 bridgehead atoms. The molecule has 2 N–H and O–H groups in total. The van der Waals surface area contributed by atoms with Gasteiger partial charge in [0.15, 0.2) is 0 Å². The van der Waals surface area contributed by atoms with Gasteiger partial charge in [0.1, 0.15) is 11.6 Å². The summed E-state index contributed by atoms with van der Waals surface area (Å²) in [6.45, 7) is 1.97. The van der Waals surface area contributed by atoms with Crippen molar-refractivity contribution >= 4 is 46.1 Å². The Bertz CT molecular complexity index is 1150. The van der Waals surface area contributed by atoms with Gasteiger partial charge in [-0.3, -0.25) is 4.99 Å². The van der Waals surface area contributed by atoms with Crippen LogP contribution in [0, 0.1) is 6.92 Å². The normalized spacial score (nSPS) is 11.5. The average Bonchev–Trinajstić information content (AvgIpc) is 3.08. The minimum Gasteiger partial charge on any atom is -0.506 e. The zero-order chi connectivity index (χ0) is 19.0. The lowest BCUT2D eigenvalue weighted by molar-refractivity contribution is 0.475. The van der Waals surface area contributed by atoms with Crippen molar-refractivity contribution in [1.82, 2.24) is 9.97 Å². The molecule has 27 heavy (non-hydrogen) atoms. The lowest BCUT2D eigenvalue weighted by Crippen LogP contribution is -1.86. The first kappa shape index (κ1) is 17.6. The zero-order valence-electron chi connectivity index (χ0n) is 14.4. The molecule has 0 aliphatic heterocycles. The van der Waals surface area contributed by atoms with Crippen LogP contribution in [-0.4, -0.2) is 21.3 Å². The molecule has 0 spiro atoms. The van der Waals surface area contributed by atoms with Crippen LogP contribution in [0.4, 0.5) is 5.69 Å². The third kappa shape index (κ3) is 3.54. The fourth-order valence-corrected chi connectivity index (χ4v) is 3.32. The van der Waals surface area contributed by atoms with Crippen molar-refractivity contribution in [2.75, 3.05) is 0 Å². The zero-order valence-corrected chi connectivity index (χ0v) is 15.9. The lowest BCUT2D eigenvalue weighted by atomic mass is 10.1. The molecule has 0 unspecified atom stereocenters.